The topological polar surface area (TPSA) is 42.0 Å². The van der Waals surface area contributed by atoms with Gasteiger partial charge >= 0.3 is 0 Å². The molecular weight excluding hydrogens is 629 g/mol. The largest absolute Gasteiger partial charge is 0.497 e. The maximum Gasteiger partial charge on any atom is 0.223 e. The van der Waals surface area contributed by atoms with E-state index in [4.69, 9.17) is 9.47 Å². The zero-order valence-corrected chi connectivity index (χ0v) is 32.5. The maximum absolute atomic E-state index is 14.4. The van der Waals surface area contributed by atoms with E-state index in [-0.39, 0.29) is 11.5 Å². The Labute approximate surface area is 310 Å². The van der Waals surface area contributed by atoms with E-state index in [1.807, 2.05) is 0 Å². The maximum atomic E-state index is 14.4. The third-order valence-electron chi connectivity index (χ3n) is 11.3. The lowest BCUT2D eigenvalue weighted by atomic mass is 9.83. The second-order valence-electron chi connectivity index (χ2n) is 16.4. The van der Waals surface area contributed by atoms with Crippen LogP contribution in [-0.4, -0.2) is 55.1 Å². The third kappa shape index (κ3) is 12.7. The predicted octanol–water partition coefficient (Wildman–Crippen LogP) is 10.4. The summed E-state index contributed by atoms with van der Waals surface area (Å²) >= 11 is 0. The molecule has 3 aromatic carbocycles. The van der Waals surface area contributed by atoms with Crippen LogP contribution in [0.5, 0.6) is 11.5 Å². The number of piperidine rings is 1. The summed E-state index contributed by atoms with van der Waals surface area (Å²) in [5.41, 5.74) is 5.37. The lowest BCUT2D eigenvalue weighted by molar-refractivity contribution is -0.135. The highest BCUT2D eigenvalue weighted by molar-refractivity contribution is 5.77. The summed E-state index contributed by atoms with van der Waals surface area (Å²) in [7, 11) is 1.72. The average Bonchev–Trinajstić information content (AvgIpc) is 3.97. The fourth-order valence-electron chi connectivity index (χ4n) is 7.65. The highest BCUT2D eigenvalue weighted by Crippen LogP contribution is 2.35. The Morgan fingerprint density at radius 1 is 0.804 bits per heavy atom. The van der Waals surface area contributed by atoms with Gasteiger partial charge in [0, 0.05) is 25.6 Å². The monoisotopic (exact) mass is 695 g/mol. The Bertz CT molecular complexity index is 1430. The SMILES string of the molecule is CCCCCCCOc1ccc(CCC(=O)N(CCC2CC2)C(Cc2ccc(C(C)(C)C)cc2)C2CCN(Cc3ccc(OC)cc3)CC2)cc1. The van der Waals surface area contributed by atoms with E-state index >= 15 is 0 Å². The molecule has 0 aromatic heterocycles. The second kappa shape index (κ2) is 19.5. The molecule has 1 unspecified atom stereocenters. The first kappa shape index (κ1) is 38.9. The molecule has 51 heavy (non-hydrogen) atoms. The van der Waals surface area contributed by atoms with E-state index in [9.17, 15) is 4.79 Å². The first-order chi connectivity index (χ1) is 24.7. The van der Waals surface area contributed by atoms with Crippen molar-refractivity contribution in [2.24, 2.45) is 11.8 Å². The standard InChI is InChI=1S/C46H66N2O3/c1-6-7-8-9-10-33-51-43-24-15-36(16-25-43)19-26-45(49)48(32-27-37-11-12-37)44(34-38-13-20-41(21-14-38)46(2,3)4)40-28-30-47(31-29-40)35-39-17-22-42(50-5)23-18-39/h13-18,20-25,37,40,44H,6-12,19,26-35H2,1-5H3. The molecule has 0 bridgehead atoms. The van der Waals surface area contributed by atoms with Gasteiger partial charge < -0.3 is 14.4 Å². The van der Waals surface area contributed by atoms with E-state index in [1.54, 1.807) is 7.11 Å². The number of likely N-dealkylation sites (tertiary alicyclic amines) is 1. The van der Waals surface area contributed by atoms with Crippen molar-refractivity contribution < 1.29 is 14.3 Å². The molecule has 1 atom stereocenters. The van der Waals surface area contributed by atoms with E-state index < -0.39 is 0 Å². The van der Waals surface area contributed by atoms with Crippen LogP contribution >= 0.6 is 0 Å². The highest BCUT2D eigenvalue weighted by atomic mass is 16.5. The van der Waals surface area contributed by atoms with Gasteiger partial charge in [0.2, 0.25) is 5.91 Å². The molecule has 2 fully saturated rings. The number of carbonyl (C=O) groups is 1. The van der Waals surface area contributed by atoms with Crippen molar-refractivity contribution >= 4 is 5.91 Å². The summed E-state index contributed by atoms with van der Waals surface area (Å²) in [4.78, 5) is 19.3. The number of aryl methyl sites for hydroxylation is 1. The van der Waals surface area contributed by atoms with Gasteiger partial charge in [0.15, 0.2) is 0 Å². The number of carbonyl (C=O) groups excluding carboxylic acids is 1. The Hall–Kier alpha value is -3.31. The number of amides is 1. The van der Waals surface area contributed by atoms with Gasteiger partial charge in [0.1, 0.15) is 11.5 Å². The molecular formula is C46H66N2O3. The molecule has 1 saturated heterocycles. The third-order valence-corrected chi connectivity index (χ3v) is 11.3. The van der Waals surface area contributed by atoms with E-state index in [1.165, 1.54) is 60.8 Å². The number of nitrogens with zero attached hydrogens (tertiary/aromatic N) is 2. The fourth-order valence-corrected chi connectivity index (χ4v) is 7.65. The highest BCUT2D eigenvalue weighted by Gasteiger charge is 2.34. The number of hydrogen-bond acceptors (Lipinski definition) is 4. The smallest absolute Gasteiger partial charge is 0.223 e. The molecule has 0 spiro atoms. The van der Waals surface area contributed by atoms with Crippen LogP contribution in [0.3, 0.4) is 0 Å². The molecule has 3 aromatic rings. The van der Waals surface area contributed by atoms with E-state index in [0.29, 0.717) is 18.2 Å². The van der Waals surface area contributed by atoms with Crippen LogP contribution in [0.2, 0.25) is 0 Å². The zero-order chi connectivity index (χ0) is 36.1. The Balaban J connectivity index is 1.25. The number of unbranched alkanes of at least 4 members (excludes halogenated alkanes) is 4. The van der Waals surface area contributed by atoms with E-state index in [0.717, 1.165) is 88.7 Å². The van der Waals surface area contributed by atoms with Crippen LogP contribution < -0.4 is 9.47 Å². The van der Waals surface area contributed by atoms with Crippen LogP contribution in [0, 0.1) is 11.8 Å². The summed E-state index contributed by atoms with van der Waals surface area (Å²) < 4.78 is 11.4. The summed E-state index contributed by atoms with van der Waals surface area (Å²) in [6, 6.07) is 26.4. The second-order valence-corrected chi connectivity index (χ2v) is 16.4. The van der Waals surface area contributed by atoms with Crippen LogP contribution in [0.1, 0.15) is 121 Å². The zero-order valence-electron chi connectivity index (χ0n) is 32.5. The van der Waals surface area contributed by atoms with Crippen LogP contribution in [0.4, 0.5) is 0 Å². The summed E-state index contributed by atoms with van der Waals surface area (Å²) in [6.45, 7) is 13.8. The molecule has 278 valence electrons. The van der Waals surface area contributed by atoms with Gasteiger partial charge in [-0.3, -0.25) is 9.69 Å². The lowest BCUT2D eigenvalue weighted by Gasteiger charge is -2.42. The van der Waals surface area contributed by atoms with Gasteiger partial charge in [0.25, 0.3) is 0 Å². The van der Waals surface area contributed by atoms with Gasteiger partial charge in [-0.15, -0.1) is 0 Å². The predicted molar refractivity (Wildman–Crippen MR) is 212 cm³/mol. The van der Waals surface area contributed by atoms with Gasteiger partial charge in [-0.05, 0) is 115 Å². The molecule has 1 heterocycles. The minimum absolute atomic E-state index is 0.124. The number of ether oxygens (including phenoxy) is 2. The van der Waals surface area contributed by atoms with Gasteiger partial charge in [0.05, 0.1) is 13.7 Å². The van der Waals surface area contributed by atoms with Crippen molar-refractivity contribution in [3.8, 4) is 11.5 Å². The Morgan fingerprint density at radius 3 is 2.06 bits per heavy atom. The van der Waals surface area contributed by atoms with Gasteiger partial charge in [-0.2, -0.15) is 0 Å². The van der Waals surface area contributed by atoms with Crippen LogP contribution in [-0.2, 0) is 29.6 Å². The minimum atomic E-state index is 0.124. The molecule has 5 nitrogen and oxygen atoms in total. The molecule has 5 rings (SSSR count). The molecule has 1 amide bonds. The van der Waals surface area contributed by atoms with E-state index in [2.05, 4.69) is 110 Å². The number of benzene rings is 3. The van der Waals surface area contributed by atoms with Crippen molar-refractivity contribution in [2.75, 3.05) is 33.4 Å². The van der Waals surface area contributed by atoms with Crippen molar-refractivity contribution in [3.05, 3.63) is 95.1 Å². The van der Waals surface area contributed by atoms with Crippen LogP contribution in [0.25, 0.3) is 0 Å². The summed E-state index contributed by atoms with van der Waals surface area (Å²) in [5.74, 6) is 3.43. The van der Waals surface area contributed by atoms with Gasteiger partial charge in [-0.25, -0.2) is 0 Å². The van der Waals surface area contributed by atoms with Crippen molar-refractivity contribution in [1.29, 1.82) is 0 Å². The lowest BCUT2D eigenvalue weighted by Crippen LogP contribution is -2.49. The Morgan fingerprint density at radius 2 is 1.43 bits per heavy atom. The number of methoxy groups -OCH3 is 1. The number of hydrogen-bond donors (Lipinski definition) is 0. The number of rotatable bonds is 20. The first-order valence-corrected chi connectivity index (χ1v) is 20.2. The molecule has 1 aliphatic heterocycles. The molecule has 1 aliphatic carbocycles. The molecule has 0 N–H and O–H groups in total. The fraction of sp³-hybridized carbons (Fsp3) is 0.587. The van der Waals surface area contributed by atoms with Crippen molar-refractivity contribution in [3.63, 3.8) is 0 Å². The summed E-state index contributed by atoms with van der Waals surface area (Å²) in [5, 5.41) is 0. The van der Waals surface area contributed by atoms with Gasteiger partial charge in [-0.1, -0.05) is 115 Å². The van der Waals surface area contributed by atoms with Crippen molar-refractivity contribution in [1.82, 2.24) is 9.80 Å². The molecule has 1 saturated carbocycles. The van der Waals surface area contributed by atoms with Crippen molar-refractivity contribution in [2.45, 2.75) is 129 Å². The molecule has 2 aliphatic rings. The molecule has 0 radical (unpaired) electrons. The first-order valence-electron chi connectivity index (χ1n) is 20.2. The average molecular weight is 695 g/mol. The normalized spacial score (nSPS) is 16.2. The Kier molecular flexibility index (Phi) is 14.9. The minimum Gasteiger partial charge on any atom is -0.497 e. The quantitative estimate of drug-likeness (QED) is 0.110. The van der Waals surface area contributed by atoms with Crippen LogP contribution in [0.15, 0.2) is 72.8 Å². The summed E-state index contributed by atoms with van der Waals surface area (Å²) in [6.07, 6.45) is 14.5. The molecule has 5 heteroatoms.